The van der Waals surface area contributed by atoms with Crippen LogP contribution in [0.25, 0.3) is 0 Å². The molecule has 1 aromatic heterocycles. The summed E-state index contributed by atoms with van der Waals surface area (Å²) in [5, 5.41) is 12.8. The van der Waals surface area contributed by atoms with Crippen molar-refractivity contribution in [3.8, 4) is 0 Å². The van der Waals surface area contributed by atoms with E-state index in [0.29, 0.717) is 10.7 Å². The first-order chi connectivity index (χ1) is 9.47. The summed E-state index contributed by atoms with van der Waals surface area (Å²) >= 11 is 3.08. The Labute approximate surface area is 120 Å². The van der Waals surface area contributed by atoms with E-state index in [1.54, 1.807) is 0 Å². The number of aromatic nitrogens is 2. The van der Waals surface area contributed by atoms with Crippen molar-refractivity contribution in [1.29, 1.82) is 0 Å². The molecule has 0 aliphatic heterocycles. The summed E-state index contributed by atoms with van der Waals surface area (Å²) in [6, 6.07) is 2.77. The van der Waals surface area contributed by atoms with Crippen LogP contribution < -0.4 is 5.32 Å². The third kappa shape index (κ3) is 3.12. The van der Waals surface area contributed by atoms with Crippen molar-refractivity contribution in [3.05, 3.63) is 56.7 Å². The Morgan fingerprint density at radius 1 is 1.35 bits per heavy atom. The Morgan fingerprint density at radius 2 is 2.10 bits per heavy atom. The largest absolute Gasteiger partial charge is 0.305 e. The Bertz CT molecular complexity index is 678. The molecule has 0 unspecified atom stereocenters. The highest BCUT2D eigenvalue weighted by Gasteiger charge is 2.16. The molecule has 2 aromatic rings. The Kier molecular flexibility index (Phi) is 3.99. The molecule has 102 valence electrons. The molecule has 0 fully saturated rings. The van der Waals surface area contributed by atoms with Gasteiger partial charge in [-0.25, -0.2) is 14.4 Å². The van der Waals surface area contributed by atoms with Gasteiger partial charge in [0.05, 0.1) is 28.9 Å². The Hall–Kier alpha value is -2.42. The molecule has 0 bridgehead atoms. The van der Waals surface area contributed by atoms with Gasteiger partial charge < -0.3 is 5.32 Å². The molecule has 1 aromatic carbocycles. The molecule has 0 saturated carbocycles. The van der Waals surface area contributed by atoms with E-state index in [1.807, 2.05) is 0 Å². The van der Waals surface area contributed by atoms with Crippen molar-refractivity contribution >= 4 is 33.3 Å². The van der Waals surface area contributed by atoms with Gasteiger partial charge in [0.1, 0.15) is 10.4 Å². The van der Waals surface area contributed by atoms with Gasteiger partial charge in [0, 0.05) is 6.07 Å². The zero-order valence-electron chi connectivity index (χ0n) is 9.71. The first-order valence-electron chi connectivity index (χ1n) is 5.20. The third-order valence-corrected chi connectivity index (χ3v) is 2.68. The zero-order valence-corrected chi connectivity index (χ0v) is 11.3. The van der Waals surface area contributed by atoms with Crippen molar-refractivity contribution in [3.63, 3.8) is 0 Å². The number of hydrogen-bond donors (Lipinski definition) is 1. The van der Waals surface area contributed by atoms with Gasteiger partial charge in [0.2, 0.25) is 0 Å². The van der Waals surface area contributed by atoms with E-state index in [0.717, 1.165) is 12.1 Å². The molecule has 0 radical (unpaired) electrons. The van der Waals surface area contributed by atoms with Gasteiger partial charge in [-0.2, -0.15) is 0 Å². The predicted octanol–water partition coefficient (Wildman–Crippen LogP) is 2.54. The van der Waals surface area contributed by atoms with Crippen LogP contribution in [0.3, 0.4) is 0 Å². The number of rotatable bonds is 3. The van der Waals surface area contributed by atoms with Gasteiger partial charge >= 0.3 is 0 Å². The van der Waals surface area contributed by atoms with Crippen LogP contribution in [0.4, 0.5) is 15.9 Å². The molecule has 0 aliphatic rings. The lowest BCUT2D eigenvalue weighted by atomic mass is 10.2. The van der Waals surface area contributed by atoms with Crippen LogP contribution in [-0.2, 0) is 0 Å². The number of hydrogen-bond acceptors (Lipinski definition) is 5. The van der Waals surface area contributed by atoms with E-state index in [2.05, 4.69) is 31.2 Å². The van der Waals surface area contributed by atoms with E-state index in [4.69, 9.17) is 0 Å². The number of benzene rings is 1. The lowest BCUT2D eigenvalue weighted by Gasteiger charge is -2.04. The maximum Gasteiger partial charge on any atom is 0.272 e. The van der Waals surface area contributed by atoms with E-state index < -0.39 is 22.3 Å². The quantitative estimate of drug-likeness (QED) is 0.683. The monoisotopic (exact) mass is 340 g/mol. The van der Waals surface area contributed by atoms with E-state index >= 15 is 0 Å². The van der Waals surface area contributed by atoms with Crippen molar-refractivity contribution in [2.24, 2.45) is 0 Å². The lowest BCUT2D eigenvalue weighted by Crippen LogP contribution is -2.15. The van der Waals surface area contributed by atoms with E-state index in [-0.39, 0.29) is 11.4 Å². The number of carbonyl (C=O) groups is 1. The first kappa shape index (κ1) is 14.0. The summed E-state index contributed by atoms with van der Waals surface area (Å²) in [5.41, 5.74) is -0.747. The van der Waals surface area contributed by atoms with Crippen LogP contribution in [-0.4, -0.2) is 20.8 Å². The summed E-state index contributed by atoms with van der Waals surface area (Å²) in [4.78, 5) is 29.2. The fourth-order valence-corrected chi connectivity index (χ4v) is 1.57. The second-order valence-corrected chi connectivity index (χ2v) is 4.41. The van der Waals surface area contributed by atoms with Gasteiger partial charge in [-0.1, -0.05) is 0 Å². The first-order valence-corrected chi connectivity index (χ1v) is 5.99. The number of non-ortho nitro benzene ring substituents is 1. The molecule has 2 rings (SSSR count). The van der Waals surface area contributed by atoms with Crippen LogP contribution in [0.1, 0.15) is 10.4 Å². The van der Waals surface area contributed by atoms with Gasteiger partial charge in [-0.3, -0.25) is 14.9 Å². The van der Waals surface area contributed by atoms with Gasteiger partial charge in [0.25, 0.3) is 11.6 Å². The molecule has 0 spiro atoms. The fourth-order valence-electron chi connectivity index (χ4n) is 1.36. The van der Waals surface area contributed by atoms with Crippen molar-refractivity contribution in [2.45, 2.75) is 0 Å². The van der Waals surface area contributed by atoms with Crippen LogP contribution in [0.15, 0.2) is 35.2 Å². The molecule has 0 aliphatic carbocycles. The minimum atomic E-state index is -0.984. The van der Waals surface area contributed by atoms with Crippen molar-refractivity contribution in [2.75, 3.05) is 5.32 Å². The summed E-state index contributed by atoms with van der Waals surface area (Å²) in [6.45, 7) is 0. The van der Waals surface area contributed by atoms with Gasteiger partial charge in [-0.15, -0.1) is 0 Å². The Balaban J connectivity index is 2.21. The van der Waals surface area contributed by atoms with E-state index in [1.165, 1.54) is 12.4 Å². The van der Waals surface area contributed by atoms with Crippen LogP contribution in [0.5, 0.6) is 0 Å². The predicted molar refractivity (Wildman–Crippen MR) is 70.7 cm³/mol. The normalized spacial score (nSPS) is 10.1. The standard InChI is InChI=1S/C11H6BrFN4O3/c12-9-4-15-10(5-14-9)16-11(18)7-2-1-6(17(19)20)3-8(7)13/h1-5H,(H,15,16,18). The molecule has 7 nitrogen and oxygen atoms in total. The SMILES string of the molecule is O=C(Nc1cnc(Br)cn1)c1ccc([N+](=O)[O-])cc1F. The van der Waals surface area contributed by atoms with Crippen LogP contribution in [0.2, 0.25) is 0 Å². The second kappa shape index (κ2) is 5.70. The number of halogens is 2. The van der Waals surface area contributed by atoms with E-state index in [9.17, 15) is 19.3 Å². The maximum absolute atomic E-state index is 13.6. The number of anilines is 1. The number of amides is 1. The molecule has 20 heavy (non-hydrogen) atoms. The number of nitro groups is 1. The highest BCUT2D eigenvalue weighted by Crippen LogP contribution is 2.17. The van der Waals surface area contributed by atoms with Crippen molar-refractivity contribution < 1.29 is 14.1 Å². The Morgan fingerprint density at radius 3 is 2.65 bits per heavy atom. The highest BCUT2D eigenvalue weighted by atomic mass is 79.9. The summed E-state index contributed by atoms with van der Waals surface area (Å²) in [7, 11) is 0. The summed E-state index contributed by atoms with van der Waals surface area (Å²) in [6.07, 6.45) is 2.65. The van der Waals surface area contributed by atoms with Crippen molar-refractivity contribution in [1.82, 2.24) is 9.97 Å². The summed E-state index contributed by atoms with van der Waals surface area (Å²) < 4.78 is 14.1. The molecule has 9 heteroatoms. The topological polar surface area (TPSA) is 98.0 Å². The van der Waals surface area contributed by atoms with Gasteiger partial charge in [0.15, 0.2) is 5.82 Å². The maximum atomic E-state index is 13.6. The molecule has 0 atom stereocenters. The zero-order chi connectivity index (χ0) is 14.7. The molecular weight excluding hydrogens is 335 g/mol. The minimum Gasteiger partial charge on any atom is -0.305 e. The van der Waals surface area contributed by atoms with Crippen LogP contribution >= 0.6 is 15.9 Å². The third-order valence-electron chi connectivity index (χ3n) is 2.27. The second-order valence-electron chi connectivity index (χ2n) is 3.60. The average Bonchev–Trinajstić information content (AvgIpc) is 2.41. The number of nitrogens with zero attached hydrogens (tertiary/aromatic N) is 3. The molecular formula is C11H6BrFN4O3. The molecule has 1 heterocycles. The van der Waals surface area contributed by atoms with Gasteiger partial charge in [-0.05, 0) is 22.0 Å². The lowest BCUT2D eigenvalue weighted by molar-refractivity contribution is -0.385. The summed E-state index contributed by atoms with van der Waals surface area (Å²) in [5.74, 6) is -1.62. The fraction of sp³-hybridized carbons (Fsp3) is 0. The number of nitrogens with one attached hydrogen (secondary N) is 1. The molecule has 0 saturated heterocycles. The number of carbonyl (C=O) groups excluding carboxylic acids is 1. The molecule has 1 amide bonds. The molecule has 1 N–H and O–H groups in total. The number of nitro benzene ring substituents is 1. The minimum absolute atomic E-state index is 0.135. The average molecular weight is 341 g/mol. The highest BCUT2D eigenvalue weighted by molar-refractivity contribution is 9.10. The van der Waals surface area contributed by atoms with Crippen LogP contribution in [0, 0.1) is 15.9 Å². The smallest absolute Gasteiger partial charge is 0.272 e.